The first-order valence-corrected chi connectivity index (χ1v) is 5.69. The van der Waals surface area contributed by atoms with E-state index in [0.29, 0.717) is 6.61 Å². The molecule has 0 bridgehead atoms. The average molecular weight is 231 g/mol. The van der Waals surface area contributed by atoms with Gasteiger partial charge in [0, 0.05) is 13.7 Å². The van der Waals surface area contributed by atoms with Gasteiger partial charge in [-0.15, -0.1) is 0 Å². The lowest BCUT2D eigenvalue weighted by Crippen LogP contribution is -2.35. The monoisotopic (exact) mass is 231 g/mol. The number of nitrogens with zero attached hydrogens (tertiary/aromatic N) is 1. The summed E-state index contributed by atoms with van der Waals surface area (Å²) >= 11 is 0. The molecule has 4 nitrogen and oxygen atoms in total. The molecule has 0 aliphatic rings. The van der Waals surface area contributed by atoms with E-state index in [-0.39, 0.29) is 12.1 Å². The SMILES string of the molecule is CCN(C)C[C@H](COC(=O)C(C)(C)C)OC. The quantitative estimate of drug-likeness (QED) is 0.650. The lowest BCUT2D eigenvalue weighted by Gasteiger charge is -2.23. The van der Waals surface area contributed by atoms with Crippen molar-refractivity contribution in [3.8, 4) is 0 Å². The standard InChI is InChI=1S/C12H25NO3/c1-7-13(5)8-10(15-6)9-16-11(14)12(2,3)4/h10H,7-9H2,1-6H3/t10-/m1/s1. The van der Waals surface area contributed by atoms with Gasteiger partial charge in [-0.3, -0.25) is 4.79 Å². The highest BCUT2D eigenvalue weighted by Gasteiger charge is 2.24. The topological polar surface area (TPSA) is 38.8 Å². The fourth-order valence-corrected chi connectivity index (χ4v) is 1.06. The van der Waals surface area contributed by atoms with Gasteiger partial charge in [-0.2, -0.15) is 0 Å². The Morgan fingerprint density at radius 2 is 1.94 bits per heavy atom. The van der Waals surface area contributed by atoms with Crippen molar-refractivity contribution >= 4 is 5.97 Å². The van der Waals surface area contributed by atoms with Crippen molar-refractivity contribution in [1.29, 1.82) is 0 Å². The van der Waals surface area contributed by atoms with Crippen LogP contribution in [0.25, 0.3) is 0 Å². The number of ether oxygens (including phenoxy) is 2. The molecular weight excluding hydrogens is 206 g/mol. The molecule has 0 aliphatic heterocycles. The third-order valence-electron chi connectivity index (χ3n) is 2.40. The second kappa shape index (κ2) is 6.86. The van der Waals surface area contributed by atoms with Gasteiger partial charge in [0.1, 0.15) is 12.7 Å². The number of hydrogen-bond donors (Lipinski definition) is 0. The molecule has 0 rings (SSSR count). The Morgan fingerprint density at radius 1 is 1.38 bits per heavy atom. The third kappa shape index (κ3) is 6.08. The lowest BCUT2D eigenvalue weighted by atomic mass is 9.97. The summed E-state index contributed by atoms with van der Waals surface area (Å²) in [7, 11) is 3.65. The van der Waals surface area contributed by atoms with Crippen molar-refractivity contribution in [3.63, 3.8) is 0 Å². The van der Waals surface area contributed by atoms with Crippen LogP contribution in [0.3, 0.4) is 0 Å². The molecule has 0 unspecified atom stereocenters. The number of carbonyl (C=O) groups excluding carboxylic acids is 1. The number of methoxy groups -OCH3 is 1. The van der Waals surface area contributed by atoms with Crippen LogP contribution in [0.1, 0.15) is 27.7 Å². The second-order valence-corrected chi connectivity index (χ2v) is 5.06. The summed E-state index contributed by atoms with van der Waals surface area (Å²) in [6, 6.07) is 0. The molecule has 0 aromatic heterocycles. The predicted octanol–water partition coefficient (Wildman–Crippen LogP) is 1.54. The highest BCUT2D eigenvalue weighted by Crippen LogP contribution is 2.15. The molecule has 0 saturated heterocycles. The lowest BCUT2D eigenvalue weighted by molar-refractivity contribution is -0.156. The van der Waals surface area contributed by atoms with Crippen molar-refractivity contribution in [3.05, 3.63) is 0 Å². The second-order valence-electron chi connectivity index (χ2n) is 5.06. The number of esters is 1. The Labute approximate surface area is 98.9 Å². The van der Waals surface area contributed by atoms with Crippen molar-refractivity contribution in [1.82, 2.24) is 4.90 Å². The summed E-state index contributed by atoms with van der Waals surface area (Å²) in [6.07, 6.45) is -0.0590. The van der Waals surface area contributed by atoms with E-state index in [9.17, 15) is 4.79 Å². The van der Waals surface area contributed by atoms with Crippen LogP contribution in [0.4, 0.5) is 0 Å². The van der Waals surface area contributed by atoms with E-state index < -0.39 is 5.41 Å². The van der Waals surface area contributed by atoms with E-state index in [2.05, 4.69) is 11.8 Å². The fourth-order valence-electron chi connectivity index (χ4n) is 1.06. The smallest absolute Gasteiger partial charge is 0.311 e. The van der Waals surface area contributed by atoms with Gasteiger partial charge in [-0.05, 0) is 34.4 Å². The van der Waals surface area contributed by atoms with Crippen LogP contribution in [0.2, 0.25) is 0 Å². The van der Waals surface area contributed by atoms with Gasteiger partial charge in [0.15, 0.2) is 0 Å². The molecule has 96 valence electrons. The number of likely N-dealkylation sites (N-methyl/N-ethyl adjacent to an activating group) is 1. The maximum absolute atomic E-state index is 11.5. The minimum absolute atomic E-state index is 0.0590. The fraction of sp³-hybridized carbons (Fsp3) is 0.917. The maximum Gasteiger partial charge on any atom is 0.311 e. The van der Waals surface area contributed by atoms with Crippen LogP contribution in [0.5, 0.6) is 0 Å². The molecule has 0 N–H and O–H groups in total. The zero-order valence-electron chi connectivity index (χ0n) is 11.4. The average Bonchev–Trinajstić information content (AvgIpc) is 2.21. The van der Waals surface area contributed by atoms with Gasteiger partial charge in [0.2, 0.25) is 0 Å². The molecule has 4 heteroatoms. The molecule has 0 fully saturated rings. The first-order valence-electron chi connectivity index (χ1n) is 5.69. The summed E-state index contributed by atoms with van der Waals surface area (Å²) < 4.78 is 10.5. The minimum Gasteiger partial charge on any atom is -0.462 e. The minimum atomic E-state index is -0.449. The Kier molecular flexibility index (Phi) is 6.60. The molecule has 0 aromatic rings. The summed E-state index contributed by atoms with van der Waals surface area (Å²) in [6.45, 7) is 9.64. The van der Waals surface area contributed by atoms with E-state index in [1.165, 1.54) is 0 Å². The van der Waals surface area contributed by atoms with Gasteiger partial charge in [-0.25, -0.2) is 0 Å². The van der Waals surface area contributed by atoms with Crippen LogP contribution >= 0.6 is 0 Å². The van der Waals surface area contributed by atoms with Crippen LogP contribution < -0.4 is 0 Å². The molecule has 0 aliphatic carbocycles. The largest absolute Gasteiger partial charge is 0.462 e. The number of carbonyl (C=O) groups is 1. The normalized spacial score (nSPS) is 13.9. The van der Waals surface area contributed by atoms with E-state index in [4.69, 9.17) is 9.47 Å². The Balaban J connectivity index is 4.01. The summed E-state index contributed by atoms with van der Waals surface area (Å²) in [5.41, 5.74) is -0.449. The maximum atomic E-state index is 11.5. The molecule has 16 heavy (non-hydrogen) atoms. The van der Waals surface area contributed by atoms with Crippen LogP contribution in [0.15, 0.2) is 0 Å². The molecule has 0 radical (unpaired) electrons. The molecule has 0 saturated carbocycles. The first kappa shape index (κ1) is 15.4. The van der Waals surface area contributed by atoms with Gasteiger partial charge in [-0.1, -0.05) is 6.92 Å². The van der Waals surface area contributed by atoms with Crippen molar-refractivity contribution in [2.75, 3.05) is 33.9 Å². The molecule has 1 atom stereocenters. The van der Waals surface area contributed by atoms with Gasteiger partial charge in [0.05, 0.1) is 5.41 Å². The number of hydrogen-bond acceptors (Lipinski definition) is 4. The molecular formula is C12H25NO3. The summed E-state index contributed by atoms with van der Waals surface area (Å²) in [5, 5.41) is 0. The van der Waals surface area contributed by atoms with Crippen LogP contribution in [-0.2, 0) is 14.3 Å². The van der Waals surface area contributed by atoms with Crippen molar-refractivity contribution in [2.45, 2.75) is 33.8 Å². The van der Waals surface area contributed by atoms with Gasteiger partial charge < -0.3 is 14.4 Å². The van der Waals surface area contributed by atoms with E-state index >= 15 is 0 Å². The summed E-state index contributed by atoms with van der Waals surface area (Å²) in [4.78, 5) is 13.7. The zero-order valence-corrected chi connectivity index (χ0v) is 11.4. The molecule has 0 heterocycles. The van der Waals surface area contributed by atoms with Crippen molar-refractivity contribution < 1.29 is 14.3 Å². The van der Waals surface area contributed by atoms with Crippen molar-refractivity contribution in [2.24, 2.45) is 5.41 Å². The Morgan fingerprint density at radius 3 is 2.31 bits per heavy atom. The Bertz CT molecular complexity index is 211. The highest BCUT2D eigenvalue weighted by atomic mass is 16.6. The van der Waals surface area contributed by atoms with E-state index in [1.807, 2.05) is 27.8 Å². The molecule has 0 spiro atoms. The molecule has 0 aromatic carbocycles. The Hall–Kier alpha value is -0.610. The highest BCUT2D eigenvalue weighted by molar-refractivity contribution is 5.75. The number of rotatable bonds is 6. The van der Waals surface area contributed by atoms with Crippen LogP contribution in [-0.4, -0.2) is 50.8 Å². The van der Waals surface area contributed by atoms with Gasteiger partial charge in [0.25, 0.3) is 0 Å². The first-order chi connectivity index (χ1) is 7.31. The summed E-state index contributed by atoms with van der Waals surface area (Å²) in [5.74, 6) is -0.186. The predicted molar refractivity (Wildman–Crippen MR) is 64.4 cm³/mol. The zero-order chi connectivity index (χ0) is 12.8. The molecule has 0 amide bonds. The third-order valence-corrected chi connectivity index (χ3v) is 2.40. The van der Waals surface area contributed by atoms with E-state index in [0.717, 1.165) is 13.1 Å². The van der Waals surface area contributed by atoms with E-state index in [1.54, 1.807) is 7.11 Å². The van der Waals surface area contributed by atoms with Crippen LogP contribution in [0, 0.1) is 5.41 Å². The van der Waals surface area contributed by atoms with Gasteiger partial charge >= 0.3 is 5.97 Å².